The SMILES string of the molecule is CCCCCCCCCCCCC(C(C)O)S(=O)(=O)[O-].[Na+]. The van der Waals surface area contributed by atoms with Crippen LogP contribution in [0.15, 0.2) is 0 Å². The van der Waals surface area contributed by atoms with Crippen LogP contribution in [0.5, 0.6) is 0 Å². The molecule has 0 aromatic heterocycles. The molecule has 0 spiro atoms. The number of aliphatic hydroxyl groups is 1. The van der Waals surface area contributed by atoms with Crippen molar-refractivity contribution in [2.24, 2.45) is 0 Å². The summed E-state index contributed by atoms with van der Waals surface area (Å²) in [4.78, 5) is 0. The Bertz CT molecular complexity index is 318. The zero-order valence-electron chi connectivity index (χ0n) is 14.0. The van der Waals surface area contributed by atoms with Crippen LogP contribution in [0, 0.1) is 0 Å². The maximum atomic E-state index is 10.9. The molecule has 4 nitrogen and oxygen atoms in total. The molecule has 1 N–H and O–H groups in total. The van der Waals surface area contributed by atoms with E-state index in [0.717, 1.165) is 12.8 Å². The molecule has 0 radical (unpaired) electrons. The summed E-state index contributed by atoms with van der Waals surface area (Å²) < 4.78 is 32.8. The van der Waals surface area contributed by atoms with Gasteiger partial charge >= 0.3 is 29.6 Å². The molecule has 0 amide bonds. The van der Waals surface area contributed by atoms with Crippen LogP contribution in [0.1, 0.15) is 84.5 Å². The molecule has 0 fully saturated rings. The quantitative estimate of drug-likeness (QED) is 0.305. The molecular weight excluding hydrogens is 299 g/mol. The molecule has 0 aliphatic carbocycles. The zero-order chi connectivity index (χ0) is 15.4. The number of hydrogen-bond acceptors (Lipinski definition) is 4. The summed E-state index contributed by atoms with van der Waals surface area (Å²) in [6.45, 7) is 3.58. The minimum atomic E-state index is -4.37. The molecule has 0 bridgehead atoms. The molecule has 122 valence electrons. The predicted molar refractivity (Wildman–Crippen MR) is 81.6 cm³/mol. The van der Waals surface area contributed by atoms with Crippen molar-refractivity contribution in [2.75, 3.05) is 0 Å². The maximum absolute atomic E-state index is 10.9. The maximum Gasteiger partial charge on any atom is 1.00 e. The van der Waals surface area contributed by atoms with Crippen LogP contribution < -0.4 is 29.6 Å². The van der Waals surface area contributed by atoms with E-state index in [1.165, 1.54) is 51.9 Å². The van der Waals surface area contributed by atoms with Crippen LogP contribution in [0.2, 0.25) is 0 Å². The Kier molecular flexibility index (Phi) is 16.6. The summed E-state index contributed by atoms with van der Waals surface area (Å²) in [6, 6.07) is 0. The molecule has 0 aliphatic rings. The second-order valence-electron chi connectivity index (χ2n) is 5.74. The fourth-order valence-corrected chi connectivity index (χ4v) is 3.40. The van der Waals surface area contributed by atoms with Gasteiger partial charge in [-0.05, 0) is 13.3 Å². The third-order valence-electron chi connectivity index (χ3n) is 3.75. The topological polar surface area (TPSA) is 77.4 Å². The van der Waals surface area contributed by atoms with Crippen LogP contribution >= 0.6 is 0 Å². The van der Waals surface area contributed by atoms with Crippen molar-refractivity contribution in [1.29, 1.82) is 0 Å². The minimum Gasteiger partial charge on any atom is -0.748 e. The van der Waals surface area contributed by atoms with Crippen molar-refractivity contribution >= 4 is 10.1 Å². The molecule has 0 aromatic rings. The average molecular weight is 330 g/mol. The zero-order valence-corrected chi connectivity index (χ0v) is 16.8. The molecule has 0 heterocycles. The molecule has 2 unspecified atom stereocenters. The fraction of sp³-hybridized carbons (Fsp3) is 1.00. The van der Waals surface area contributed by atoms with Crippen LogP contribution in [0.3, 0.4) is 0 Å². The summed E-state index contributed by atoms with van der Waals surface area (Å²) in [5, 5.41) is 8.17. The molecule has 6 heteroatoms. The van der Waals surface area contributed by atoms with Crippen LogP contribution in [-0.4, -0.2) is 29.4 Å². The Morgan fingerprint density at radius 2 is 1.29 bits per heavy atom. The third kappa shape index (κ3) is 14.2. The molecule has 0 aliphatic heterocycles. The van der Waals surface area contributed by atoms with Gasteiger partial charge in [-0.15, -0.1) is 0 Å². The standard InChI is InChI=1S/C15H32O4S.Na/c1-3-4-5-6-7-8-9-10-11-12-13-15(14(2)16)20(17,18)19;/h14-16H,3-13H2,1-2H3,(H,17,18,19);/q;+1/p-1. The van der Waals surface area contributed by atoms with Crippen molar-refractivity contribution in [2.45, 2.75) is 95.8 Å². The second-order valence-corrected chi connectivity index (χ2v) is 7.33. The van der Waals surface area contributed by atoms with Gasteiger partial charge in [-0.25, -0.2) is 8.42 Å². The van der Waals surface area contributed by atoms with Crippen LogP contribution in [0.25, 0.3) is 0 Å². The second kappa shape index (κ2) is 14.5. The number of rotatable bonds is 13. The number of unbranched alkanes of at least 4 members (excludes halogenated alkanes) is 9. The van der Waals surface area contributed by atoms with Crippen LogP contribution in [0.4, 0.5) is 0 Å². The van der Waals surface area contributed by atoms with E-state index in [-0.39, 0.29) is 36.0 Å². The van der Waals surface area contributed by atoms with Gasteiger partial charge < -0.3 is 9.66 Å². The van der Waals surface area contributed by atoms with E-state index in [1.807, 2.05) is 0 Å². The normalized spacial score (nSPS) is 14.5. The van der Waals surface area contributed by atoms with Gasteiger partial charge in [0.1, 0.15) is 10.1 Å². The van der Waals surface area contributed by atoms with Gasteiger partial charge in [-0.1, -0.05) is 71.1 Å². The molecule has 2 atom stereocenters. The van der Waals surface area contributed by atoms with Crippen molar-refractivity contribution < 1.29 is 47.6 Å². The molecule has 0 aromatic carbocycles. The Hall–Kier alpha value is 0.870. The smallest absolute Gasteiger partial charge is 0.748 e. The van der Waals surface area contributed by atoms with E-state index in [4.69, 9.17) is 0 Å². The van der Waals surface area contributed by atoms with Crippen molar-refractivity contribution in [1.82, 2.24) is 0 Å². The van der Waals surface area contributed by atoms with Crippen molar-refractivity contribution in [3.05, 3.63) is 0 Å². The molecule has 21 heavy (non-hydrogen) atoms. The molecule has 0 rings (SSSR count). The van der Waals surface area contributed by atoms with E-state index < -0.39 is 21.5 Å². The van der Waals surface area contributed by atoms with E-state index >= 15 is 0 Å². The number of aliphatic hydroxyl groups excluding tert-OH is 1. The van der Waals surface area contributed by atoms with Gasteiger partial charge in [-0.3, -0.25) is 0 Å². The first-order chi connectivity index (χ1) is 9.39. The number of hydrogen-bond donors (Lipinski definition) is 1. The van der Waals surface area contributed by atoms with Crippen molar-refractivity contribution in [3.8, 4) is 0 Å². The molecular formula is C15H31NaO4S. The fourth-order valence-electron chi connectivity index (χ4n) is 2.46. The Labute approximate surface area is 153 Å². The third-order valence-corrected chi connectivity index (χ3v) is 5.12. The average Bonchev–Trinajstić information content (AvgIpc) is 2.34. The van der Waals surface area contributed by atoms with E-state index in [9.17, 15) is 18.1 Å². The summed E-state index contributed by atoms with van der Waals surface area (Å²) in [7, 11) is -4.37. The van der Waals surface area contributed by atoms with Gasteiger partial charge in [0.25, 0.3) is 0 Å². The minimum absolute atomic E-state index is 0. The predicted octanol–water partition coefficient (Wildman–Crippen LogP) is 0.596. The monoisotopic (exact) mass is 330 g/mol. The van der Waals surface area contributed by atoms with Gasteiger partial charge in [-0.2, -0.15) is 0 Å². The van der Waals surface area contributed by atoms with Crippen molar-refractivity contribution in [3.63, 3.8) is 0 Å². The Balaban J connectivity index is 0. The summed E-state index contributed by atoms with van der Waals surface area (Å²) in [5.41, 5.74) is 0. The molecule has 0 saturated carbocycles. The summed E-state index contributed by atoms with van der Waals surface area (Å²) >= 11 is 0. The van der Waals surface area contributed by atoms with Crippen LogP contribution in [-0.2, 0) is 10.1 Å². The first kappa shape index (κ1) is 24.1. The summed E-state index contributed by atoms with van der Waals surface area (Å²) in [6.07, 6.45) is 10.9. The van der Waals surface area contributed by atoms with E-state index in [2.05, 4.69) is 6.92 Å². The van der Waals surface area contributed by atoms with Gasteiger partial charge in [0.05, 0.1) is 11.4 Å². The Morgan fingerprint density at radius 1 is 0.905 bits per heavy atom. The summed E-state index contributed by atoms with van der Waals surface area (Å²) in [5.74, 6) is 0. The van der Waals surface area contributed by atoms with Gasteiger partial charge in [0.15, 0.2) is 0 Å². The first-order valence-corrected chi connectivity index (χ1v) is 9.49. The van der Waals surface area contributed by atoms with Gasteiger partial charge in [0, 0.05) is 0 Å². The van der Waals surface area contributed by atoms with E-state index in [1.54, 1.807) is 0 Å². The van der Waals surface area contributed by atoms with E-state index in [0.29, 0.717) is 6.42 Å². The Morgan fingerprint density at radius 3 is 1.62 bits per heavy atom. The molecule has 0 saturated heterocycles. The largest absolute Gasteiger partial charge is 1.00 e. The van der Waals surface area contributed by atoms with Gasteiger partial charge in [0.2, 0.25) is 0 Å². The first-order valence-electron chi connectivity index (χ1n) is 8.02.